The molecule has 1 aliphatic heterocycles. The van der Waals surface area contributed by atoms with Crippen LogP contribution in [0, 0.1) is 0 Å². The Morgan fingerprint density at radius 2 is 2.00 bits per heavy atom. The normalized spacial score (nSPS) is 23.6. The van der Waals surface area contributed by atoms with Crippen molar-refractivity contribution in [3.8, 4) is 0 Å². The summed E-state index contributed by atoms with van der Waals surface area (Å²) in [5.74, 6) is -0.956. The molecule has 1 aliphatic rings. The summed E-state index contributed by atoms with van der Waals surface area (Å²) >= 11 is 0. The summed E-state index contributed by atoms with van der Waals surface area (Å²) in [6.07, 6.45) is 0. The molecule has 0 spiro atoms. The molecular formula is C4H6N4O2S. The van der Waals surface area contributed by atoms with Crippen molar-refractivity contribution in [2.75, 3.05) is 0 Å². The molecule has 1 unspecified atom stereocenters. The van der Waals surface area contributed by atoms with E-state index in [1.54, 1.807) is 0 Å². The minimum absolute atomic E-state index is 0.0872. The van der Waals surface area contributed by atoms with Crippen LogP contribution in [0.4, 0.5) is 0 Å². The molecule has 0 saturated carbocycles. The van der Waals surface area contributed by atoms with Gasteiger partial charge in [0.25, 0.3) is 5.91 Å². The fourth-order valence-corrected chi connectivity index (χ4v) is 1.45. The molecule has 1 atom stereocenters. The topological polar surface area (TPSA) is 125 Å². The molecule has 0 radical (unpaired) electrons. The standard InChI is InChI=1S/C4H6N4O2S/c5-1-2(4(7)9)11(10)8-3(1)6/h5H2,(H2,6,8)(H2,7,9). The maximum Gasteiger partial charge on any atom is 0.261 e. The summed E-state index contributed by atoms with van der Waals surface area (Å²) in [5, 5.41) is 0. The lowest BCUT2D eigenvalue weighted by atomic mass is 10.4. The number of hydrogen-bond donors (Lipinski definition) is 3. The van der Waals surface area contributed by atoms with E-state index in [0.29, 0.717) is 0 Å². The number of nitrogens with zero attached hydrogens (tertiary/aromatic N) is 1. The summed E-state index contributed by atoms with van der Waals surface area (Å²) in [7, 11) is -1.81. The zero-order chi connectivity index (χ0) is 8.59. The SMILES string of the molecule is NC(=O)C1=C(N)C(N)=NS1=O. The first-order valence-corrected chi connectivity index (χ1v) is 3.70. The Hall–Kier alpha value is -1.37. The van der Waals surface area contributed by atoms with E-state index in [0.717, 1.165) is 0 Å². The number of rotatable bonds is 1. The molecule has 7 heteroatoms. The van der Waals surface area contributed by atoms with Crippen LogP contribution in [0.5, 0.6) is 0 Å². The highest BCUT2D eigenvalue weighted by Gasteiger charge is 2.25. The highest BCUT2D eigenvalue weighted by molar-refractivity contribution is 7.89. The fraction of sp³-hybridized carbons (Fsp3) is 0. The van der Waals surface area contributed by atoms with Crippen LogP contribution < -0.4 is 17.2 Å². The quantitative estimate of drug-likeness (QED) is 0.412. The van der Waals surface area contributed by atoms with Crippen molar-refractivity contribution in [1.82, 2.24) is 0 Å². The number of amides is 1. The van der Waals surface area contributed by atoms with E-state index in [9.17, 15) is 9.00 Å². The van der Waals surface area contributed by atoms with Gasteiger partial charge < -0.3 is 17.2 Å². The molecule has 6 nitrogen and oxygen atoms in total. The van der Waals surface area contributed by atoms with Gasteiger partial charge in [0, 0.05) is 0 Å². The Labute approximate surface area is 64.7 Å². The molecule has 0 fully saturated rings. The molecule has 0 aromatic carbocycles. The molecule has 6 N–H and O–H groups in total. The number of primary amides is 1. The molecule has 0 saturated heterocycles. The van der Waals surface area contributed by atoms with Crippen molar-refractivity contribution < 1.29 is 9.00 Å². The van der Waals surface area contributed by atoms with Crippen LogP contribution in [0.3, 0.4) is 0 Å². The van der Waals surface area contributed by atoms with Crippen molar-refractivity contribution in [2.24, 2.45) is 21.6 Å². The van der Waals surface area contributed by atoms with Gasteiger partial charge in [-0.3, -0.25) is 4.79 Å². The first kappa shape index (κ1) is 7.73. The molecule has 1 rings (SSSR count). The number of amidine groups is 1. The van der Waals surface area contributed by atoms with E-state index in [2.05, 4.69) is 4.40 Å². The van der Waals surface area contributed by atoms with Crippen LogP contribution in [0.25, 0.3) is 0 Å². The average molecular weight is 174 g/mol. The van der Waals surface area contributed by atoms with Gasteiger partial charge in [-0.25, -0.2) is 4.21 Å². The molecule has 0 aliphatic carbocycles. The molecule has 60 valence electrons. The van der Waals surface area contributed by atoms with Crippen LogP contribution in [-0.2, 0) is 15.8 Å². The summed E-state index contributed by atoms with van der Waals surface area (Å²) in [6, 6.07) is 0. The summed E-state index contributed by atoms with van der Waals surface area (Å²) in [6.45, 7) is 0. The monoisotopic (exact) mass is 174 g/mol. The van der Waals surface area contributed by atoms with Crippen LogP contribution in [-0.4, -0.2) is 16.0 Å². The van der Waals surface area contributed by atoms with Crippen molar-refractivity contribution in [2.45, 2.75) is 0 Å². The van der Waals surface area contributed by atoms with Gasteiger partial charge in [-0.05, 0) is 0 Å². The molecular weight excluding hydrogens is 168 g/mol. The van der Waals surface area contributed by atoms with E-state index in [4.69, 9.17) is 17.2 Å². The van der Waals surface area contributed by atoms with Crippen LogP contribution >= 0.6 is 0 Å². The fourth-order valence-electron chi connectivity index (χ4n) is 0.613. The van der Waals surface area contributed by atoms with Crippen molar-refractivity contribution in [3.05, 3.63) is 10.6 Å². The Kier molecular flexibility index (Phi) is 1.65. The molecule has 0 aromatic rings. The summed E-state index contributed by atoms with van der Waals surface area (Å²) in [4.78, 5) is 10.3. The van der Waals surface area contributed by atoms with E-state index in [1.165, 1.54) is 0 Å². The number of carbonyl (C=O) groups excluding carboxylic acids is 1. The van der Waals surface area contributed by atoms with Gasteiger partial charge in [0.15, 0.2) is 21.7 Å². The number of nitrogens with two attached hydrogens (primary N) is 3. The third kappa shape index (κ3) is 1.09. The van der Waals surface area contributed by atoms with Crippen LogP contribution in [0.1, 0.15) is 0 Å². The van der Waals surface area contributed by atoms with E-state index < -0.39 is 16.9 Å². The van der Waals surface area contributed by atoms with Gasteiger partial charge in [-0.1, -0.05) is 0 Å². The van der Waals surface area contributed by atoms with Gasteiger partial charge >= 0.3 is 0 Å². The predicted octanol–water partition coefficient (Wildman–Crippen LogP) is -2.32. The second kappa shape index (κ2) is 2.35. The first-order chi connectivity index (χ1) is 5.04. The van der Waals surface area contributed by atoms with Crippen LogP contribution in [0.2, 0.25) is 0 Å². The van der Waals surface area contributed by atoms with Crippen molar-refractivity contribution in [3.63, 3.8) is 0 Å². The predicted molar refractivity (Wildman–Crippen MR) is 40.2 cm³/mol. The third-order valence-corrected chi connectivity index (χ3v) is 2.23. The van der Waals surface area contributed by atoms with Gasteiger partial charge in [-0.15, -0.1) is 0 Å². The first-order valence-electron chi connectivity index (χ1n) is 2.60. The average Bonchev–Trinajstić information content (AvgIpc) is 2.07. The maximum absolute atomic E-state index is 10.8. The Morgan fingerprint density at radius 3 is 2.18 bits per heavy atom. The smallest absolute Gasteiger partial charge is 0.261 e. The Balaban J connectivity index is 3.18. The maximum atomic E-state index is 10.8. The largest absolute Gasteiger partial charge is 0.395 e. The minimum atomic E-state index is -1.81. The lowest BCUT2D eigenvalue weighted by Gasteiger charge is -1.93. The summed E-state index contributed by atoms with van der Waals surface area (Å²) in [5.41, 5.74) is 15.2. The third-order valence-electron chi connectivity index (χ3n) is 1.10. The van der Waals surface area contributed by atoms with E-state index in [-0.39, 0.29) is 16.4 Å². The zero-order valence-electron chi connectivity index (χ0n) is 5.40. The number of hydrogen-bond acceptors (Lipinski definition) is 4. The highest BCUT2D eigenvalue weighted by Crippen LogP contribution is 2.13. The molecule has 1 heterocycles. The Morgan fingerprint density at radius 1 is 1.45 bits per heavy atom. The molecule has 0 bridgehead atoms. The lowest BCUT2D eigenvalue weighted by Crippen LogP contribution is -2.23. The molecule has 1 amide bonds. The molecule has 11 heavy (non-hydrogen) atoms. The summed E-state index contributed by atoms with van der Waals surface area (Å²) < 4.78 is 14.2. The lowest BCUT2D eigenvalue weighted by molar-refractivity contribution is -0.113. The van der Waals surface area contributed by atoms with Gasteiger partial charge in [0.1, 0.15) is 0 Å². The molecule has 0 aromatic heterocycles. The van der Waals surface area contributed by atoms with Gasteiger partial charge in [-0.2, -0.15) is 4.40 Å². The second-order valence-corrected chi connectivity index (χ2v) is 2.92. The minimum Gasteiger partial charge on any atom is -0.395 e. The second-order valence-electron chi connectivity index (χ2n) is 1.83. The van der Waals surface area contributed by atoms with Gasteiger partial charge in [0.2, 0.25) is 0 Å². The zero-order valence-corrected chi connectivity index (χ0v) is 6.22. The highest BCUT2D eigenvalue weighted by atomic mass is 32.2. The van der Waals surface area contributed by atoms with E-state index in [1.807, 2.05) is 0 Å². The van der Waals surface area contributed by atoms with Crippen molar-refractivity contribution in [1.29, 1.82) is 0 Å². The van der Waals surface area contributed by atoms with Gasteiger partial charge in [0.05, 0.1) is 5.70 Å². The van der Waals surface area contributed by atoms with Crippen LogP contribution in [0.15, 0.2) is 15.0 Å². The Bertz CT molecular complexity index is 305. The number of carbonyl (C=O) groups is 1. The van der Waals surface area contributed by atoms with E-state index >= 15 is 0 Å². The van der Waals surface area contributed by atoms with Crippen molar-refractivity contribution >= 4 is 22.7 Å².